The topological polar surface area (TPSA) is 25.2 Å². The fourth-order valence-electron chi connectivity index (χ4n) is 2.48. The molecule has 0 amide bonds. The van der Waals surface area contributed by atoms with Gasteiger partial charge in [0.05, 0.1) is 0 Å². The van der Waals surface area contributed by atoms with Crippen molar-refractivity contribution < 1.29 is 5.11 Å². The Labute approximate surface area is 109 Å². The molecule has 1 heterocycles. The van der Waals surface area contributed by atoms with Gasteiger partial charge in [-0.05, 0) is 48.9 Å². The van der Waals surface area contributed by atoms with E-state index in [0.717, 1.165) is 19.4 Å². The van der Waals surface area contributed by atoms with Crippen LogP contribution in [0.5, 0.6) is 0 Å². The summed E-state index contributed by atoms with van der Waals surface area (Å²) in [5.41, 5.74) is 4.07. The summed E-state index contributed by atoms with van der Waals surface area (Å²) in [6.07, 6.45) is 4.04. The Hall–Kier alpha value is -1.28. The van der Waals surface area contributed by atoms with Gasteiger partial charge in [0.25, 0.3) is 0 Å². The van der Waals surface area contributed by atoms with Crippen LogP contribution in [0, 0.1) is 0 Å². The van der Waals surface area contributed by atoms with Crippen molar-refractivity contribution in [2.24, 2.45) is 0 Å². The number of aliphatic hydroxyl groups excluding tert-OH is 1. The molecule has 0 aliphatic heterocycles. The largest absolute Gasteiger partial charge is 0.396 e. The Balaban J connectivity index is 2.51. The Bertz CT molecular complexity index is 525. The van der Waals surface area contributed by atoms with Crippen LogP contribution in [0.2, 0.25) is 0 Å². The van der Waals surface area contributed by atoms with Crippen LogP contribution in [0.15, 0.2) is 24.4 Å². The average molecular weight is 245 g/mol. The summed E-state index contributed by atoms with van der Waals surface area (Å²) < 4.78 is 2.30. The number of rotatable bonds is 5. The highest BCUT2D eigenvalue weighted by atomic mass is 16.2. The maximum Gasteiger partial charge on any atom is 0.0483 e. The van der Waals surface area contributed by atoms with E-state index < -0.39 is 0 Å². The lowest BCUT2D eigenvalue weighted by Gasteiger charge is -2.07. The molecule has 0 saturated carbocycles. The molecule has 0 unspecified atom stereocenters. The molecular weight excluding hydrogens is 222 g/mol. The highest BCUT2D eigenvalue weighted by Gasteiger charge is 2.09. The first-order chi connectivity index (χ1) is 8.67. The summed E-state index contributed by atoms with van der Waals surface area (Å²) in [4.78, 5) is 0. The lowest BCUT2D eigenvalue weighted by molar-refractivity contribution is 0.288. The van der Waals surface area contributed by atoms with Crippen molar-refractivity contribution in [1.82, 2.24) is 4.57 Å². The first kappa shape index (κ1) is 13.2. The molecule has 1 N–H and O–H groups in total. The Morgan fingerprint density at radius 2 is 2.06 bits per heavy atom. The van der Waals surface area contributed by atoms with E-state index in [0.29, 0.717) is 5.92 Å². The van der Waals surface area contributed by atoms with Crippen molar-refractivity contribution in [3.05, 3.63) is 35.5 Å². The number of fused-ring (bicyclic) bond motifs is 1. The van der Waals surface area contributed by atoms with Crippen molar-refractivity contribution >= 4 is 10.9 Å². The summed E-state index contributed by atoms with van der Waals surface area (Å²) in [5, 5.41) is 10.4. The van der Waals surface area contributed by atoms with Crippen LogP contribution in [0.3, 0.4) is 0 Å². The molecule has 2 heteroatoms. The number of hydrogen-bond donors (Lipinski definition) is 1. The number of aromatic nitrogens is 1. The van der Waals surface area contributed by atoms with Crippen molar-refractivity contribution in [3.63, 3.8) is 0 Å². The van der Waals surface area contributed by atoms with Gasteiger partial charge >= 0.3 is 0 Å². The fourth-order valence-corrected chi connectivity index (χ4v) is 2.48. The zero-order valence-corrected chi connectivity index (χ0v) is 11.6. The number of nitrogens with zero attached hydrogens (tertiary/aromatic N) is 1. The molecule has 0 bridgehead atoms. The highest BCUT2D eigenvalue weighted by molar-refractivity contribution is 5.85. The zero-order chi connectivity index (χ0) is 13.1. The molecular formula is C16H23NO. The van der Waals surface area contributed by atoms with E-state index in [9.17, 15) is 0 Å². The molecule has 2 nitrogen and oxygen atoms in total. The third-order valence-electron chi connectivity index (χ3n) is 3.60. The van der Waals surface area contributed by atoms with E-state index in [1.165, 1.54) is 22.0 Å². The molecule has 0 aliphatic rings. The quantitative estimate of drug-likeness (QED) is 0.853. The predicted octanol–water partition coefficient (Wildman–Crippen LogP) is 3.71. The van der Waals surface area contributed by atoms with Gasteiger partial charge in [0, 0.05) is 30.3 Å². The first-order valence-corrected chi connectivity index (χ1v) is 6.90. The third-order valence-corrected chi connectivity index (χ3v) is 3.60. The summed E-state index contributed by atoms with van der Waals surface area (Å²) >= 11 is 0. The normalized spacial score (nSPS) is 11.6. The third kappa shape index (κ3) is 2.44. The minimum Gasteiger partial charge on any atom is -0.396 e. The number of hydrogen-bond acceptors (Lipinski definition) is 1. The maximum atomic E-state index is 9.00. The summed E-state index contributed by atoms with van der Waals surface area (Å²) in [7, 11) is 0. The fraction of sp³-hybridized carbons (Fsp3) is 0.500. The summed E-state index contributed by atoms with van der Waals surface area (Å²) in [6.45, 7) is 7.89. The van der Waals surface area contributed by atoms with Crippen molar-refractivity contribution in [1.29, 1.82) is 0 Å². The second-order valence-electron chi connectivity index (χ2n) is 5.20. The molecule has 2 aromatic rings. The molecule has 0 radical (unpaired) electrons. The Morgan fingerprint density at radius 3 is 2.67 bits per heavy atom. The van der Waals surface area contributed by atoms with Crippen LogP contribution in [0.25, 0.3) is 10.9 Å². The second kappa shape index (κ2) is 5.57. The molecule has 0 saturated heterocycles. The molecule has 0 spiro atoms. The van der Waals surface area contributed by atoms with Gasteiger partial charge in [-0.1, -0.05) is 19.9 Å². The van der Waals surface area contributed by atoms with Crippen LogP contribution >= 0.6 is 0 Å². The van der Waals surface area contributed by atoms with Gasteiger partial charge in [0.15, 0.2) is 0 Å². The van der Waals surface area contributed by atoms with E-state index >= 15 is 0 Å². The molecule has 0 fully saturated rings. The highest BCUT2D eigenvalue weighted by Crippen LogP contribution is 2.26. The van der Waals surface area contributed by atoms with Crippen LogP contribution in [0.4, 0.5) is 0 Å². The van der Waals surface area contributed by atoms with Gasteiger partial charge in [-0.25, -0.2) is 0 Å². The van der Waals surface area contributed by atoms with E-state index in [4.69, 9.17) is 5.11 Å². The molecule has 18 heavy (non-hydrogen) atoms. The second-order valence-corrected chi connectivity index (χ2v) is 5.20. The molecule has 0 atom stereocenters. The lowest BCUT2D eigenvalue weighted by Crippen LogP contribution is -1.91. The summed E-state index contributed by atoms with van der Waals surface area (Å²) in [5.74, 6) is 0.560. The van der Waals surface area contributed by atoms with E-state index in [-0.39, 0.29) is 6.61 Å². The van der Waals surface area contributed by atoms with Gasteiger partial charge in [-0.3, -0.25) is 0 Å². The predicted molar refractivity (Wildman–Crippen MR) is 77.1 cm³/mol. The monoisotopic (exact) mass is 245 g/mol. The smallest absolute Gasteiger partial charge is 0.0483 e. The van der Waals surface area contributed by atoms with Gasteiger partial charge < -0.3 is 9.67 Å². The van der Waals surface area contributed by atoms with Crippen molar-refractivity contribution in [2.45, 2.75) is 46.1 Å². The van der Waals surface area contributed by atoms with Crippen LogP contribution < -0.4 is 0 Å². The van der Waals surface area contributed by atoms with Gasteiger partial charge in [-0.2, -0.15) is 0 Å². The van der Waals surface area contributed by atoms with E-state index in [1.807, 2.05) is 0 Å². The lowest BCUT2D eigenvalue weighted by atomic mass is 9.99. The molecule has 1 aromatic carbocycles. The average Bonchev–Trinajstić information content (AvgIpc) is 2.73. The Morgan fingerprint density at radius 1 is 1.28 bits per heavy atom. The molecule has 0 aliphatic carbocycles. The first-order valence-electron chi connectivity index (χ1n) is 6.90. The van der Waals surface area contributed by atoms with E-state index in [1.54, 1.807) is 0 Å². The van der Waals surface area contributed by atoms with Crippen LogP contribution in [-0.4, -0.2) is 16.3 Å². The Kier molecular flexibility index (Phi) is 4.07. The maximum absolute atomic E-state index is 9.00. The van der Waals surface area contributed by atoms with Crippen LogP contribution in [0.1, 0.15) is 44.2 Å². The number of benzene rings is 1. The van der Waals surface area contributed by atoms with Gasteiger partial charge in [0.1, 0.15) is 0 Å². The molecule has 2 rings (SSSR count). The van der Waals surface area contributed by atoms with Crippen molar-refractivity contribution in [3.8, 4) is 0 Å². The van der Waals surface area contributed by atoms with Crippen molar-refractivity contribution in [2.75, 3.05) is 6.61 Å². The number of aryl methyl sites for hydroxylation is 2. The SMILES string of the molecule is CCn1cc(CCCO)c2cc(C(C)C)ccc21. The number of aliphatic hydroxyl groups is 1. The molecule has 98 valence electrons. The van der Waals surface area contributed by atoms with Crippen LogP contribution in [-0.2, 0) is 13.0 Å². The zero-order valence-electron chi connectivity index (χ0n) is 11.6. The van der Waals surface area contributed by atoms with Gasteiger partial charge in [-0.15, -0.1) is 0 Å². The minimum absolute atomic E-state index is 0.267. The minimum atomic E-state index is 0.267. The van der Waals surface area contributed by atoms with E-state index in [2.05, 4.69) is 49.7 Å². The molecule has 1 aromatic heterocycles. The van der Waals surface area contributed by atoms with Gasteiger partial charge in [0.2, 0.25) is 0 Å². The summed E-state index contributed by atoms with van der Waals surface area (Å²) in [6, 6.07) is 6.78. The standard InChI is InChI=1S/C16H23NO/c1-4-17-11-14(6-5-9-18)15-10-13(12(2)3)7-8-16(15)17/h7-8,10-12,18H,4-6,9H2,1-3H3.